The Bertz CT molecular complexity index is 306. The van der Waals surface area contributed by atoms with Crippen LogP contribution in [0.2, 0.25) is 0 Å². The van der Waals surface area contributed by atoms with Crippen molar-refractivity contribution in [2.75, 3.05) is 13.2 Å². The highest BCUT2D eigenvalue weighted by molar-refractivity contribution is 6.06. The Labute approximate surface area is 94.8 Å². The Hall–Kier alpha value is -1.30. The average Bonchev–Trinajstić information content (AvgIpc) is 2.63. The van der Waals surface area contributed by atoms with Crippen molar-refractivity contribution in [1.82, 2.24) is 5.32 Å². The minimum Gasteiger partial charge on any atom is -0.409 e. The number of amides is 1. The molecule has 1 heterocycles. The number of nitrogens with one attached hydrogen (secondary N) is 1. The molecule has 0 aromatic carbocycles. The van der Waals surface area contributed by atoms with E-state index < -0.39 is 5.41 Å². The van der Waals surface area contributed by atoms with Gasteiger partial charge < -0.3 is 21.0 Å². The molecule has 1 fully saturated rings. The van der Waals surface area contributed by atoms with Crippen LogP contribution in [-0.2, 0) is 9.53 Å². The number of carbonyl (C=O) groups excluding carboxylic acids is 1. The van der Waals surface area contributed by atoms with Crippen molar-refractivity contribution in [2.45, 2.75) is 32.7 Å². The van der Waals surface area contributed by atoms with Crippen LogP contribution in [0.15, 0.2) is 5.16 Å². The summed E-state index contributed by atoms with van der Waals surface area (Å²) in [7, 11) is 0. The van der Waals surface area contributed by atoms with Crippen molar-refractivity contribution in [3.8, 4) is 0 Å². The molecule has 0 bridgehead atoms. The van der Waals surface area contributed by atoms with E-state index in [2.05, 4.69) is 10.5 Å². The highest BCUT2D eigenvalue weighted by Gasteiger charge is 2.39. The lowest BCUT2D eigenvalue weighted by Gasteiger charge is -2.29. The molecule has 0 radical (unpaired) electrons. The van der Waals surface area contributed by atoms with E-state index in [-0.39, 0.29) is 17.3 Å². The Morgan fingerprint density at radius 1 is 1.62 bits per heavy atom. The summed E-state index contributed by atoms with van der Waals surface area (Å²) in [6.45, 7) is 6.26. The van der Waals surface area contributed by atoms with Gasteiger partial charge in [-0.05, 0) is 27.2 Å². The fourth-order valence-corrected chi connectivity index (χ4v) is 1.44. The summed E-state index contributed by atoms with van der Waals surface area (Å²) in [5.74, 6) is -0.372. The van der Waals surface area contributed by atoms with Gasteiger partial charge in [0, 0.05) is 6.61 Å². The molecule has 4 N–H and O–H groups in total. The van der Waals surface area contributed by atoms with Crippen LogP contribution >= 0.6 is 0 Å². The molecule has 16 heavy (non-hydrogen) atoms. The van der Waals surface area contributed by atoms with Crippen LogP contribution < -0.4 is 11.1 Å². The van der Waals surface area contributed by atoms with Crippen LogP contribution in [-0.4, -0.2) is 35.7 Å². The molecular formula is C10H19N3O3. The maximum absolute atomic E-state index is 12.0. The van der Waals surface area contributed by atoms with Crippen LogP contribution in [0.4, 0.5) is 0 Å². The number of hydrogen-bond donors (Lipinski definition) is 3. The zero-order chi connectivity index (χ0) is 12.4. The number of amidine groups is 1. The second-order valence-corrected chi connectivity index (χ2v) is 4.93. The van der Waals surface area contributed by atoms with E-state index in [1.165, 1.54) is 0 Å². The fourth-order valence-electron chi connectivity index (χ4n) is 1.44. The fraction of sp³-hybridized carbons (Fsp3) is 0.800. The number of nitrogens with two attached hydrogens (primary N) is 1. The zero-order valence-corrected chi connectivity index (χ0v) is 9.91. The highest BCUT2D eigenvalue weighted by Crippen LogP contribution is 2.22. The lowest BCUT2D eigenvalue weighted by molar-refractivity contribution is -0.128. The van der Waals surface area contributed by atoms with Gasteiger partial charge in [0.1, 0.15) is 5.41 Å². The second kappa shape index (κ2) is 4.29. The van der Waals surface area contributed by atoms with Crippen LogP contribution in [0.1, 0.15) is 27.2 Å². The van der Waals surface area contributed by atoms with E-state index in [0.717, 1.165) is 6.42 Å². The number of hydrogen-bond acceptors (Lipinski definition) is 4. The summed E-state index contributed by atoms with van der Waals surface area (Å²) in [5.41, 5.74) is 4.09. The highest BCUT2D eigenvalue weighted by atomic mass is 16.5. The largest absolute Gasteiger partial charge is 0.409 e. The third kappa shape index (κ3) is 2.44. The molecule has 6 heteroatoms. The first-order valence-corrected chi connectivity index (χ1v) is 5.20. The summed E-state index contributed by atoms with van der Waals surface area (Å²) in [6, 6.07) is 0. The number of carbonyl (C=O) groups is 1. The summed E-state index contributed by atoms with van der Waals surface area (Å²) in [4.78, 5) is 12.0. The lowest BCUT2D eigenvalue weighted by atomic mass is 9.89. The third-order valence-electron chi connectivity index (χ3n) is 2.95. The molecule has 1 saturated heterocycles. The predicted octanol–water partition coefficient (Wildman–Crippen LogP) is 0.0542. The number of oxime groups is 1. The van der Waals surface area contributed by atoms with Crippen LogP contribution in [0.5, 0.6) is 0 Å². The van der Waals surface area contributed by atoms with Gasteiger partial charge in [-0.1, -0.05) is 5.16 Å². The maximum atomic E-state index is 12.0. The van der Waals surface area contributed by atoms with Gasteiger partial charge in [-0.15, -0.1) is 0 Å². The Morgan fingerprint density at radius 3 is 2.69 bits per heavy atom. The Balaban J connectivity index is 2.71. The monoisotopic (exact) mass is 229 g/mol. The van der Waals surface area contributed by atoms with Gasteiger partial charge in [-0.3, -0.25) is 4.79 Å². The average molecular weight is 229 g/mol. The SMILES string of the molecule is CC1(NC(=O)C(C)(C)C(N)=NO)CCOC1. The molecule has 0 aromatic rings. The molecule has 6 nitrogen and oxygen atoms in total. The van der Waals surface area contributed by atoms with Gasteiger partial charge >= 0.3 is 0 Å². The summed E-state index contributed by atoms with van der Waals surface area (Å²) >= 11 is 0. The van der Waals surface area contributed by atoms with Gasteiger partial charge in [0.2, 0.25) is 5.91 Å². The molecule has 0 saturated carbocycles. The zero-order valence-electron chi connectivity index (χ0n) is 9.91. The molecule has 1 rings (SSSR count). The van der Waals surface area contributed by atoms with Crippen molar-refractivity contribution in [2.24, 2.45) is 16.3 Å². The molecule has 1 aliphatic heterocycles. The predicted molar refractivity (Wildman–Crippen MR) is 59.2 cm³/mol. The molecule has 92 valence electrons. The van der Waals surface area contributed by atoms with E-state index >= 15 is 0 Å². The van der Waals surface area contributed by atoms with E-state index in [4.69, 9.17) is 15.7 Å². The van der Waals surface area contributed by atoms with Crippen molar-refractivity contribution >= 4 is 11.7 Å². The smallest absolute Gasteiger partial charge is 0.233 e. The van der Waals surface area contributed by atoms with Crippen molar-refractivity contribution < 1.29 is 14.7 Å². The first kappa shape index (κ1) is 12.8. The van der Waals surface area contributed by atoms with Gasteiger partial charge in [0.15, 0.2) is 5.84 Å². The first-order valence-electron chi connectivity index (χ1n) is 5.20. The van der Waals surface area contributed by atoms with Crippen LogP contribution in [0.3, 0.4) is 0 Å². The maximum Gasteiger partial charge on any atom is 0.233 e. The van der Waals surface area contributed by atoms with Gasteiger partial charge in [-0.25, -0.2) is 0 Å². The van der Waals surface area contributed by atoms with Crippen molar-refractivity contribution in [1.29, 1.82) is 0 Å². The van der Waals surface area contributed by atoms with Crippen LogP contribution in [0.25, 0.3) is 0 Å². The number of rotatable bonds is 3. The Morgan fingerprint density at radius 2 is 2.25 bits per heavy atom. The minimum atomic E-state index is -1.03. The van der Waals surface area contributed by atoms with E-state index in [0.29, 0.717) is 13.2 Å². The molecule has 0 aliphatic carbocycles. The lowest BCUT2D eigenvalue weighted by Crippen LogP contribution is -2.54. The standard InChI is InChI=1S/C10H19N3O3/c1-9(2,7(11)13-15)8(14)12-10(3)4-5-16-6-10/h15H,4-6H2,1-3H3,(H2,11,13)(H,12,14). The molecule has 1 atom stereocenters. The molecule has 1 amide bonds. The quantitative estimate of drug-likeness (QED) is 0.276. The summed E-state index contributed by atoms with van der Waals surface area (Å²) < 4.78 is 5.23. The summed E-state index contributed by atoms with van der Waals surface area (Å²) in [5, 5.41) is 14.4. The molecule has 0 spiro atoms. The molecule has 1 unspecified atom stereocenters. The summed E-state index contributed by atoms with van der Waals surface area (Å²) in [6.07, 6.45) is 0.769. The number of ether oxygens (including phenoxy) is 1. The van der Waals surface area contributed by atoms with E-state index in [1.807, 2.05) is 6.92 Å². The minimum absolute atomic E-state index is 0.104. The second-order valence-electron chi connectivity index (χ2n) is 4.93. The Kier molecular flexibility index (Phi) is 3.42. The molecule has 0 aromatic heterocycles. The van der Waals surface area contributed by atoms with E-state index in [9.17, 15) is 4.79 Å². The molecular weight excluding hydrogens is 210 g/mol. The van der Waals surface area contributed by atoms with Gasteiger partial charge in [-0.2, -0.15) is 0 Å². The molecule has 1 aliphatic rings. The van der Waals surface area contributed by atoms with E-state index in [1.54, 1.807) is 13.8 Å². The topological polar surface area (TPSA) is 96.9 Å². The van der Waals surface area contributed by atoms with Crippen molar-refractivity contribution in [3.05, 3.63) is 0 Å². The first-order chi connectivity index (χ1) is 7.32. The normalized spacial score (nSPS) is 26.8. The number of nitrogens with zero attached hydrogens (tertiary/aromatic N) is 1. The van der Waals surface area contributed by atoms with Gasteiger partial charge in [0.05, 0.1) is 12.1 Å². The van der Waals surface area contributed by atoms with Gasteiger partial charge in [0.25, 0.3) is 0 Å². The van der Waals surface area contributed by atoms with Crippen LogP contribution in [0, 0.1) is 5.41 Å². The van der Waals surface area contributed by atoms with Crippen molar-refractivity contribution in [3.63, 3.8) is 0 Å². The third-order valence-corrected chi connectivity index (χ3v) is 2.95.